The summed E-state index contributed by atoms with van der Waals surface area (Å²) >= 11 is 0. The third-order valence-corrected chi connectivity index (χ3v) is 2.84. The molecule has 0 radical (unpaired) electrons. The lowest BCUT2D eigenvalue weighted by molar-refractivity contribution is -0.124. The molecule has 0 aromatic rings. The molecule has 2 atom stereocenters. The predicted octanol–water partition coefficient (Wildman–Crippen LogP) is 1.68. The summed E-state index contributed by atoms with van der Waals surface area (Å²) in [5, 5.41) is 6.34. The Morgan fingerprint density at radius 2 is 2.13 bits per heavy atom. The minimum Gasteiger partial charge on any atom is -0.352 e. The Balaban J connectivity index is 2.27. The van der Waals surface area contributed by atoms with E-state index < -0.39 is 0 Å². The highest BCUT2D eigenvalue weighted by molar-refractivity contribution is 5.82. The van der Waals surface area contributed by atoms with Crippen molar-refractivity contribution < 1.29 is 4.79 Å². The van der Waals surface area contributed by atoms with Crippen LogP contribution in [0.4, 0.5) is 0 Å². The minimum absolute atomic E-state index is 0.0494. The summed E-state index contributed by atoms with van der Waals surface area (Å²) in [6, 6.07) is 0.342. The van der Waals surface area contributed by atoms with Crippen LogP contribution in [-0.2, 0) is 4.79 Å². The van der Waals surface area contributed by atoms with Crippen molar-refractivity contribution in [2.24, 2.45) is 5.92 Å². The summed E-state index contributed by atoms with van der Waals surface area (Å²) in [5.74, 6) is 0.822. The molecule has 1 unspecified atom stereocenters. The first kappa shape index (κ1) is 12.5. The topological polar surface area (TPSA) is 41.1 Å². The lowest BCUT2D eigenvalue weighted by atomic mass is 10.0. The van der Waals surface area contributed by atoms with Crippen LogP contribution < -0.4 is 10.6 Å². The van der Waals surface area contributed by atoms with Gasteiger partial charge in [-0.05, 0) is 38.6 Å². The lowest BCUT2D eigenvalue weighted by Crippen LogP contribution is -2.49. The van der Waals surface area contributed by atoms with Crippen molar-refractivity contribution in [2.45, 2.75) is 58.5 Å². The van der Waals surface area contributed by atoms with E-state index in [1.165, 1.54) is 12.8 Å². The number of hydrogen-bond acceptors (Lipinski definition) is 2. The SMILES string of the molecule is CC(C)CC(C)NC(=O)[C@H]1CCCCN1. The third kappa shape index (κ3) is 4.65. The Morgan fingerprint density at radius 3 is 2.67 bits per heavy atom. The highest BCUT2D eigenvalue weighted by Crippen LogP contribution is 2.08. The van der Waals surface area contributed by atoms with Crippen molar-refractivity contribution in [3.63, 3.8) is 0 Å². The molecule has 0 bridgehead atoms. The zero-order chi connectivity index (χ0) is 11.3. The van der Waals surface area contributed by atoms with Crippen LogP contribution >= 0.6 is 0 Å². The van der Waals surface area contributed by atoms with Gasteiger partial charge in [0.05, 0.1) is 6.04 Å². The molecule has 1 aliphatic rings. The van der Waals surface area contributed by atoms with E-state index in [4.69, 9.17) is 0 Å². The van der Waals surface area contributed by atoms with Gasteiger partial charge in [0.1, 0.15) is 0 Å². The first-order valence-electron chi connectivity index (χ1n) is 6.13. The summed E-state index contributed by atoms with van der Waals surface area (Å²) < 4.78 is 0. The first-order chi connectivity index (χ1) is 7.09. The number of carbonyl (C=O) groups is 1. The molecule has 0 aliphatic carbocycles. The summed E-state index contributed by atoms with van der Waals surface area (Å²) in [6.45, 7) is 7.43. The van der Waals surface area contributed by atoms with E-state index in [0.29, 0.717) is 12.0 Å². The van der Waals surface area contributed by atoms with E-state index in [1.54, 1.807) is 0 Å². The molecule has 0 aromatic heterocycles. The Bertz CT molecular complexity index is 198. The van der Waals surface area contributed by atoms with Crippen LogP contribution in [0.1, 0.15) is 46.5 Å². The maximum absolute atomic E-state index is 11.8. The second-order valence-corrected chi connectivity index (χ2v) is 5.04. The standard InChI is InChI=1S/C12H24N2O/c1-9(2)8-10(3)14-12(15)11-6-4-5-7-13-11/h9-11,13H,4-8H2,1-3H3,(H,14,15)/t10?,11-/m1/s1. The van der Waals surface area contributed by atoms with Crippen LogP contribution in [0.3, 0.4) is 0 Å². The van der Waals surface area contributed by atoms with Gasteiger partial charge in [-0.25, -0.2) is 0 Å². The molecule has 88 valence electrons. The van der Waals surface area contributed by atoms with Crippen molar-refractivity contribution in [1.82, 2.24) is 10.6 Å². The van der Waals surface area contributed by atoms with Crippen LogP contribution in [0.5, 0.6) is 0 Å². The molecule has 0 saturated carbocycles. The first-order valence-corrected chi connectivity index (χ1v) is 6.13. The molecule has 15 heavy (non-hydrogen) atoms. The van der Waals surface area contributed by atoms with E-state index in [0.717, 1.165) is 19.4 Å². The largest absolute Gasteiger partial charge is 0.352 e. The molecule has 0 aromatic carbocycles. The smallest absolute Gasteiger partial charge is 0.237 e. The van der Waals surface area contributed by atoms with Crippen molar-refractivity contribution in [2.75, 3.05) is 6.54 Å². The van der Waals surface area contributed by atoms with Crippen molar-refractivity contribution in [3.8, 4) is 0 Å². The average molecular weight is 212 g/mol. The minimum atomic E-state index is 0.0494. The van der Waals surface area contributed by atoms with Crippen LogP contribution in [0, 0.1) is 5.92 Å². The third-order valence-electron chi connectivity index (χ3n) is 2.84. The molecule has 3 nitrogen and oxygen atoms in total. The fourth-order valence-corrected chi connectivity index (χ4v) is 2.19. The fourth-order valence-electron chi connectivity index (χ4n) is 2.19. The number of hydrogen-bond donors (Lipinski definition) is 2. The number of rotatable bonds is 4. The average Bonchev–Trinajstić information content (AvgIpc) is 2.17. The summed E-state index contributed by atoms with van der Waals surface area (Å²) in [5.41, 5.74) is 0. The molecule has 1 saturated heterocycles. The fraction of sp³-hybridized carbons (Fsp3) is 0.917. The highest BCUT2D eigenvalue weighted by atomic mass is 16.2. The molecule has 1 amide bonds. The van der Waals surface area contributed by atoms with E-state index in [1.807, 2.05) is 0 Å². The Labute approximate surface area is 93.0 Å². The molecule has 1 heterocycles. The van der Waals surface area contributed by atoms with Crippen LogP contribution in [0.2, 0.25) is 0 Å². The van der Waals surface area contributed by atoms with Crippen LogP contribution in [0.15, 0.2) is 0 Å². The molecule has 1 fully saturated rings. The Kier molecular flexibility index (Phi) is 5.09. The van der Waals surface area contributed by atoms with E-state index in [2.05, 4.69) is 31.4 Å². The van der Waals surface area contributed by atoms with Gasteiger partial charge in [0.15, 0.2) is 0 Å². The van der Waals surface area contributed by atoms with Gasteiger partial charge < -0.3 is 10.6 Å². The summed E-state index contributed by atoms with van der Waals surface area (Å²) in [6.07, 6.45) is 4.41. The summed E-state index contributed by atoms with van der Waals surface area (Å²) in [4.78, 5) is 11.8. The Hall–Kier alpha value is -0.570. The number of nitrogens with one attached hydrogen (secondary N) is 2. The highest BCUT2D eigenvalue weighted by Gasteiger charge is 2.21. The van der Waals surface area contributed by atoms with Gasteiger partial charge in [0.25, 0.3) is 0 Å². The van der Waals surface area contributed by atoms with Crippen molar-refractivity contribution in [1.29, 1.82) is 0 Å². The normalized spacial score (nSPS) is 23.9. The van der Waals surface area contributed by atoms with Gasteiger partial charge in [0.2, 0.25) is 5.91 Å². The van der Waals surface area contributed by atoms with Crippen LogP contribution in [0.25, 0.3) is 0 Å². The zero-order valence-corrected chi connectivity index (χ0v) is 10.2. The van der Waals surface area contributed by atoms with Gasteiger partial charge in [-0.3, -0.25) is 4.79 Å². The zero-order valence-electron chi connectivity index (χ0n) is 10.2. The maximum Gasteiger partial charge on any atom is 0.237 e. The number of carbonyl (C=O) groups excluding carboxylic acids is 1. The van der Waals surface area contributed by atoms with Crippen LogP contribution in [-0.4, -0.2) is 24.5 Å². The second kappa shape index (κ2) is 6.11. The van der Waals surface area contributed by atoms with E-state index in [9.17, 15) is 4.79 Å². The van der Waals surface area contributed by atoms with Gasteiger partial charge in [0, 0.05) is 6.04 Å². The van der Waals surface area contributed by atoms with Crippen molar-refractivity contribution >= 4 is 5.91 Å². The second-order valence-electron chi connectivity index (χ2n) is 5.04. The van der Waals surface area contributed by atoms with Gasteiger partial charge in [-0.1, -0.05) is 20.3 Å². The molecule has 1 aliphatic heterocycles. The molecule has 0 spiro atoms. The number of amides is 1. The van der Waals surface area contributed by atoms with E-state index in [-0.39, 0.29) is 11.9 Å². The molecule has 3 heteroatoms. The Morgan fingerprint density at radius 1 is 1.40 bits per heavy atom. The molecular weight excluding hydrogens is 188 g/mol. The van der Waals surface area contributed by atoms with Gasteiger partial charge in [-0.2, -0.15) is 0 Å². The molecule has 2 N–H and O–H groups in total. The lowest BCUT2D eigenvalue weighted by Gasteiger charge is -2.25. The van der Waals surface area contributed by atoms with Gasteiger partial charge >= 0.3 is 0 Å². The van der Waals surface area contributed by atoms with Gasteiger partial charge in [-0.15, -0.1) is 0 Å². The maximum atomic E-state index is 11.8. The molecule has 1 rings (SSSR count). The molecular formula is C12H24N2O. The quantitative estimate of drug-likeness (QED) is 0.744. The number of piperidine rings is 1. The predicted molar refractivity (Wildman–Crippen MR) is 62.7 cm³/mol. The monoisotopic (exact) mass is 212 g/mol. The van der Waals surface area contributed by atoms with E-state index >= 15 is 0 Å². The summed E-state index contributed by atoms with van der Waals surface area (Å²) in [7, 11) is 0. The van der Waals surface area contributed by atoms with Crippen molar-refractivity contribution in [3.05, 3.63) is 0 Å².